The minimum absolute atomic E-state index is 0.0463. The van der Waals surface area contributed by atoms with E-state index in [1.165, 1.54) is 0 Å². The van der Waals surface area contributed by atoms with Crippen molar-refractivity contribution in [3.8, 4) is 0 Å². The van der Waals surface area contributed by atoms with Crippen molar-refractivity contribution in [2.45, 2.75) is 19.8 Å². The molecule has 0 aliphatic heterocycles. The molecule has 2 nitrogen and oxygen atoms in total. The molecule has 0 aromatic heterocycles. The zero-order valence-electron chi connectivity index (χ0n) is 11.5. The van der Waals surface area contributed by atoms with Crippen LogP contribution in [0.15, 0.2) is 66.8 Å². The normalized spacial score (nSPS) is 14.0. The maximum Gasteiger partial charge on any atom is 0.246 e. The van der Waals surface area contributed by atoms with Gasteiger partial charge in [0.05, 0.1) is 6.61 Å². The first-order valence-corrected chi connectivity index (χ1v) is 8.10. The number of rotatable bonds is 7. The summed E-state index contributed by atoms with van der Waals surface area (Å²) in [6.07, 6.45) is 5.34. The lowest BCUT2D eigenvalue weighted by Gasteiger charge is -2.16. The first-order valence-electron chi connectivity index (χ1n) is 6.34. The zero-order valence-corrected chi connectivity index (χ0v) is 12.4. The van der Waals surface area contributed by atoms with E-state index in [4.69, 9.17) is 4.52 Å². The minimum atomic E-state index is -2.82. The van der Waals surface area contributed by atoms with Crippen LogP contribution in [-0.4, -0.2) is 6.61 Å². The second kappa shape index (κ2) is 7.93. The van der Waals surface area contributed by atoms with E-state index in [-0.39, 0.29) is 5.92 Å². The van der Waals surface area contributed by atoms with Gasteiger partial charge in [0.25, 0.3) is 0 Å². The lowest BCUT2D eigenvalue weighted by molar-refractivity contribution is 0.314. The standard InChI is InChI=1S/C16H21O2P/c1-4-12-19(17,13-5-2)18-14-15(6-3)16-10-8-7-9-11-16/h4-13,15H,3,14H2,1-2H3/b12-4+,13-5+. The van der Waals surface area contributed by atoms with Gasteiger partial charge in [-0.25, -0.2) is 0 Å². The summed E-state index contributed by atoms with van der Waals surface area (Å²) < 4.78 is 18.1. The first kappa shape index (κ1) is 15.7. The van der Waals surface area contributed by atoms with Gasteiger partial charge in [0, 0.05) is 17.6 Å². The van der Waals surface area contributed by atoms with Crippen molar-refractivity contribution < 1.29 is 9.09 Å². The van der Waals surface area contributed by atoms with E-state index < -0.39 is 7.37 Å². The summed E-state index contributed by atoms with van der Waals surface area (Å²) in [6, 6.07) is 9.96. The fourth-order valence-corrected chi connectivity index (χ4v) is 3.24. The molecule has 0 saturated carbocycles. The highest BCUT2D eigenvalue weighted by molar-refractivity contribution is 7.65. The van der Waals surface area contributed by atoms with Crippen LogP contribution in [0.25, 0.3) is 0 Å². The van der Waals surface area contributed by atoms with Crippen LogP contribution in [0, 0.1) is 0 Å². The molecule has 0 saturated heterocycles. The molecule has 0 N–H and O–H groups in total. The molecule has 1 unspecified atom stereocenters. The molecule has 0 fully saturated rings. The number of hydrogen-bond donors (Lipinski definition) is 0. The molecule has 1 aromatic carbocycles. The van der Waals surface area contributed by atoms with Gasteiger partial charge < -0.3 is 4.52 Å². The quantitative estimate of drug-likeness (QED) is 0.497. The van der Waals surface area contributed by atoms with Crippen molar-refractivity contribution in [2.24, 2.45) is 0 Å². The average Bonchev–Trinajstić information content (AvgIpc) is 2.41. The van der Waals surface area contributed by atoms with Gasteiger partial charge in [-0.15, -0.1) is 6.58 Å². The first-order chi connectivity index (χ1) is 9.15. The van der Waals surface area contributed by atoms with Crippen LogP contribution in [0.3, 0.4) is 0 Å². The fourth-order valence-electron chi connectivity index (χ4n) is 1.75. The van der Waals surface area contributed by atoms with Crippen LogP contribution in [0.1, 0.15) is 25.3 Å². The third-order valence-corrected chi connectivity index (χ3v) is 4.66. The summed E-state index contributed by atoms with van der Waals surface area (Å²) in [4.78, 5) is 0. The molecular formula is C16H21O2P. The van der Waals surface area contributed by atoms with Gasteiger partial charge in [-0.2, -0.15) is 0 Å². The van der Waals surface area contributed by atoms with Gasteiger partial charge in [0.1, 0.15) is 0 Å². The van der Waals surface area contributed by atoms with Crippen LogP contribution in [-0.2, 0) is 9.09 Å². The molecule has 0 radical (unpaired) electrons. The van der Waals surface area contributed by atoms with Gasteiger partial charge in [-0.3, -0.25) is 4.57 Å². The Labute approximate surface area is 116 Å². The predicted molar refractivity (Wildman–Crippen MR) is 82.6 cm³/mol. The van der Waals surface area contributed by atoms with Crippen molar-refractivity contribution >= 4 is 7.37 Å². The zero-order chi connectivity index (χ0) is 14.1. The average molecular weight is 276 g/mol. The van der Waals surface area contributed by atoms with Crippen LogP contribution in [0.2, 0.25) is 0 Å². The van der Waals surface area contributed by atoms with Gasteiger partial charge in [-0.1, -0.05) is 48.6 Å². The van der Waals surface area contributed by atoms with Gasteiger partial charge in [0.15, 0.2) is 0 Å². The van der Waals surface area contributed by atoms with Crippen LogP contribution < -0.4 is 0 Å². The molecule has 0 spiro atoms. The second-order valence-electron chi connectivity index (χ2n) is 4.16. The van der Waals surface area contributed by atoms with Crippen molar-refractivity contribution in [1.29, 1.82) is 0 Å². The molecule has 0 heterocycles. The Bertz CT molecular complexity index is 473. The summed E-state index contributed by atoms with van der Waals surface area (Å²) in [5.41, 5.74) is 1.12. The predicted octanol–water partition coefficient (Wildman–Crippen LogP) is 5.32. The van der Waals surface area contributed by atoms with E-state index in [2.05, 4.69) is 6.58 Å². The van der Waals surface area contributed by atoms with Gasteiger partial charge >= 0.3 is 0 Å². The Morgan fingerprint density at radius 3 is 2.26 bits per heavy atom. The van der Waals surface area contributed by atoms with E-state index in [0.29, 0.717) is 6.61 Å². The number of hydrogen-bond acceptors (Lipinski definition) is 2. The molecule has 3 heteroatoms. The highest BCUT2D eigenvalue weighted by Crippen LogP contribution is 2.50. The van der Waals surface area contributed by atoms with Crippen molar-refractivity contribution in [3.05, 3.63) is 72.3 Å². The van der Waals surface area contributed by atoms with Crippen LogP contribution >= 0.6 is 7.37 Å². The Balaban J connectivity index is 2.78. The van der Waals surface area contributed by atoms with E-state index in [0.717, 1.165) is 5.56 Å². The van der Waals surface area contributed by atoms with Gasteiger partial charge in [0.2, 0.25) is 7.37 Å². The Morgan fingerprint density at radius 1 is 1.21 bits per heavy atom. The molecule has 0 amide bonds. The molecule has 19 heavy (non-hydrogen) atoms. The smallest absolute Gasteiger partial charge is 0.246 e. The summed E-state index contributed by atoms with van der Waals surface area (Å²) in [7, 11) is -2.82. The summed E-state index contributed by atoms with van der Waals surface area (Å²) in [5, 5.41) is 0. The molecule has 1 atom stereocenters. The van der Waals surface area contributed by atoms with Crippen LogP contribution in [0.5, 0.6) is 0 Å². The van der Waals surface area contributed by atoms with Crippen molar-refractivity contribution in [2.75, 3.05) is 6.61 Å². The molecule has 1 aromatic rings. The summed E-state index contributed by atoms with van der Waals surface area (Å²) >= 11 is 0. The van der Waals surface area contributed by atoms with E-state index in [9.17, 15) is 4.57 Å². The molecule has 102 valence electrons. The molecule has 1 rings (SSSR count). The van der Waals surface area contributed by atoms with Crippen molar-refractivity contribution in [1.82, 2.24) is 0 Å². The third-order valence-electron chi connectivity index (χ3n) is 2.68. The largest absolute Gasteiger partial charge is 0.322 e. The highest BCUT2D eigenvalue weighted by atomic mass is 31.2. The van der Waals surface area contributed by atoms with E-state index in [1.54, 1.807) is 23.8 Å². The topological polar surface area (TPSA) is 26.3 Å². The Kier molecular flexibility index (Phi) is 6.55. The summed E-state index contributed by atoms with van der Waals surface area (Å²) in [5.74, 6) is 3.29. The maximum absolute atomic E-state index is 12.4. The lowest BCUT2D eigenvalue weighted by Crippen LogP contribution is -2.03. The second-order valence-corrected chi connectivity index (χ2v) is 6.30. The van der Waals surface area contributed by atoms with Crippen molar-refractivity contribution in [3.63, 3.8) is 0 Å². The van der Waals surface area contributed by atoms with E-state index >= 15 is 0 Å². The number of allylic oxidation sites excluding steroid dienone is 2. The molecule has 0 aliphatic carbocycles. The lowest BCUT2D eigenvalue weighted by atomic mass is 10.0. The molecule has 0 aliphatic rings. The SMILES string of the molecule is C=CC(COP(=O)(/C=C/C)/C=C/C)c1ccccc1. The molecular weight excluding hydrogens is 255 g/mol. The Hall–Kier alpha value is -1.37. The number of benzene rings is 1. The maximum atomic E-state index is 12.4. The van der Waals surface area contributed by atoms with Crippen LogP contribution in [0.4, 0.5) is 0 Å². The summed E-state index contributed by atoms with van der Waals surface area (Å²) in [6.45, 7) is 7.85. The highest BCUT2D eigenvalue weighted by Gasteiger charge is 2.17. The fraction of sp³-hybridized carbons (Fsp3) is 0.250. The Morgan fingerprint density at radius 2 is 1.79 bits per heavy atom. The third kappa shape index (κ3) is 5.02. The van der Waals surface area contributed by atoms with Gasteiger partial charge in [-0.05, 0) is 19.4 Å². The minimum Gasteiger partial charge on any atom is -0.322 e. The molecule has 0 bridgehead atoms. The monoisotopic (exact) mass is 276 g/mol. The van der Waals surface area contributed by atoms with E-state index in [1.807, 2.05) is 50.3 Å².